The second kappa shape index (κ2) is 4.89. The van der Waals surface area contributed by atoms with Crippen LogP contribution in [0.15, 0.2) is 0 Å². The van der Waals surface area contributed by atoms with Gasteiger partial charge in [0.2, 0.25) is 0 Å². The number of fused-ring (bicyclic) bond motifs is 1. The molecule has 0 unspecified atom stereocenters. The van der Waals surface area contributed by atoms with Gasteiger partial charge < -0.3 is 23.7 Å². The van der Waals surface area contributed by atoms with Gasteiger partial charge in [0.15, 0.2) is 0 Å². The minimum absolute atomic E-state index is 0.131. The SMILES string of the molecule is CC(=O)OC[C@H]1OCO[C@@H]2COCO[C@@H]21. The predicted octanol–water partition coefficient (Wildman–Crippen LogP) is -0.336. The molecular formula is C9H14O6. The van der Waals surface area contributed by atoms with Gasteiger partial charge in [0.05, 0.1) is 6.61 Å². The first-order valence-electron chi connectivity index (χ1n) is 4.83. The van der Waals surface area contributed by atoms with Gasteiger partial charge in [-0.25, -0.2) is 0 Å². The van der Waals surface area contributed by atoms with Crippen LogP contribution < -0.4 is 0 Å². The highest BCUT2D eigenvalue weighted by atomic mass is 16.8. The van der Waals surface area contributed by atoms with Crippen LogP contribution in [0, 0.1) is 0 Å². The van der Waals surface area contributed by atoms with Crippen molar-refractivity contribution >= 4 is 5.97 Å². The Labute approximate surface area is 87.4 Å². The van der Waals surface area contributed by atoms with Crippen LogP contribution in [-0.4, -0.2) is 51.1 Å². The van der Waals surface area contributed by atoms with Crippen LogP contribution in [0.5, 0.6) is 0 Å². The monoisotopic (exact) mass is 218 g/mol. The van der Waals surface area contributed by atoms with Crippen LogP contribution in [0.4, 0.5) is 0 Å². The van der Waals surface area contributed by atoms with Crippen LogP contribution in [0.3, 0.4) is 0 Å². The summed E-state index contributed by atoms with van der Waals surface area (Å²) in [5, 5.41) is 0. The van der Waals surface area contributed by atoms with Crippen molar-refractivity contribution in [2.75, 3.05) is 26.8 Å². The lowest BCUT2D eigenvalue weighted by Gasteiger charge is -2.39. The van der Waals surface area contributed by atoms with E-state index in [9.17, 15) is 4.79 Å². The molecule has 0 bridgehead atoms. The Hall–Kier alpha value is -0.690. The second-order valence-corrected chi connectivity index (χ2v) is 3.45. The molecule has 2 rings (SSSR count). The first-order chi connectivity index (χ1) is 7.27. The van der Waals surface area contributed by atoms with E-state index in [1.165, 1.54) is 6.92 Å². The van der Waals surface area contributed by atoms with Crippen molar-refractivity contribution in [2.24, 2.45) is 0 Å². The molecule has 2 aliphatic rings. The van der Waals surface area contributed by atoms with E-state index < -0.39 is 0 Å². The van der Waals surface area contributed by atoms with Gasteiger partial charge in [0.25, 0.3) is 0 Å². The lowest BCUT2D eigenvalue weighted by Crippen LogP contribution is -2.54. The Morgan fingerprint density at radius 2 is 2.20 bits per heavy atom. The van der Waals surface area contributed by atoms with E-state index in [1.54, 1.807) is 0 Å². The van der Waals surface area contributed by atoms with Crippen LogP contribution in [0.2, 0.25) is 0 Å². The fraction of sp³-hybridized carbons (Fsp3) is 0.889. The summed E-state index contributed by atoms with van der Waals surface area (Å²) in [6.07, 6.45) is -0.614. The molecule has 0 amide bonds. The second-order valence-electron chi connectivity index (χ2n) is 3.45. The first kappa shape index (κ1) is 10.8. The molecule has 0 saturated carbocycles. The highest BCUT2D eigenvalue weighted by molar-refractivity contribution is 5.65. The zero-order valence-corrected chi connectivity index (χ0v) is 8.51. The Balaban J connectivity index is 1.88. The number of ether oxygens (including phenoxy) is 5. The summed E-state index contributed by atoms with van der Waals surface area (Å²) in [5.74, 6) is -0.325. The van der Waals surface area contributed by atoms with Crippen molar-refractivity contribution in [1.29, 1.82) is 0 Å². The number of carbonyl (C=O) groups excluding carboxylic acids is 1. The van der Waals surface area contributed by atoms with Gasteiger partial charge in [-0.05, 0) is 0 Å². The van der Waals surface area contributed by atoms with Crippen molar-refractivity contribution in [3.05, 3.63) is 0 Å². The Morgan fingerprint density at radius 1 is 1.33 bits per heavy atom. The Kier molecular flexibility index (Phi) is 3.53. The molecule has 0 N–H and O–H groups in total. The van der Waals surface area contributed by atoms with Gasteiger partial charge in [-0.3, -0.25) is 4.79 Å². The van der Waals surface area contributed by atoms with Crippen LogP contribution >= 0.6 is 0 Å². The summed E-state index contributed by atoms with van der Waals surface area (Å²) in [6.45, 7) is 2.45. The fourth-order valence-electron chi connectivity index (χ4n) is 1.63. The van der Waals surface area contributed by atoms with Crippen molar-refractivity contribution in [3.63, 3.8) is 0 Å². The Bertz CT molecular complexity index is 229. The van der Waals surface area contributed by atoms with Gasteiger partial charge in [-0.15, -0.1) is 0 Å². The molecule has 3 atom stereocenters. The maximum Gasteiger partial charge on any atom is 0.302 e. The summed E-state index contributed by atoms with van der Waals surface area (Å²) in [5.41, 5.74) is 0. The zero-order chi connectivity index (χ0) is 10.7. The maximum absolute atomic E-state index is 10.7. The number of hydrogen-bond donors (Lipinski definition) is 0. The standard InChI is InChI=1S/C9H14O6/c1-6(10)12-3-8-9-7(13-5-14-8)2-11-4-15-9/h7-9H,2-5H2,1H3/t7-,8-,9+/m1/s1. The largest absolute Gasteiger partial charge is 0.463 e. The van der Waals surface area contributed by atoms with E-state index in [2.05, 4.69) is 0 Å². The van der Waals surface area contributed by atoms with E-state index in [-0.39, 0.29) is 44.5 Å². The number of hydrogen-bond acceptors (Lipinski definition) is 6. The summed E-state index contributed by atoms with van der Waals surface area (Å²) >= 11 is 0. The zero-order valence-electron chi connectivity index (χ0n) is 8.51. The van der Waals surface area contributed by atoms with Crippen molar-refractivity contribution in [1.82, 2.24) is 0 Å². The van der Waals surface area contributed by atoms with Crippen molar-refractivity contribution in [3.8, 4) is 0 Å². The van der Waals surface area contributed by atoms with Crippen LogP contribution in [-0.2, 0) is 28.5 Å². The molecule has 2 heterocycles. The Morgan fingerprint density at radius 3 is 3.00 bits per heavy atom. The minimum atomic E-state index is -0.325. The molecule has 0 radical (unpaired) electrons. The van der Waals surface area contributed by atoms with Crippen molar-refractivity contribution in [2.45, 2.75) is 25.2 Å². The lowest BCUT2D eigenvalue weighted by atomic mass is 10.1. The number of esters is 1. The summed E-state index contributed by atoms with van der Waals surface area (Å²) in [4.78, 5) is 10.7. The number of rotatable bonds is 2. The van der Waals surface area contributed by atoms with Crippen molar-refractivity contribution < 1.29 is 28.5 Å². The average Bonchev–Trinajstić information content (AvgIpc) is 2.26. The molecule has 0 spiro atoms. The van der Waals surface area contributed by atoms with Gasteiger partial charge in [0.1, 0.15) is 38.5 Å². The molecule has 0 aromatic rings. The molecule has 0 aromatic heterocycles. The van der Waals surface area contributed by atoms with E-state index in [1.807, 2.05) is 0 Å². The highest BCUT2D eigenvalue weighted by Gasteiger charge is 2.39. The molecule has 2 saturated heterocycles. The minimum Gasteiger partial charge on any atom is -0.463 e. The van der Waals surface area contributed by atoms with E-state index in [0.29, 0.717) is 6.61 Å². The molecule has 0 aliphatic carbocycles. The van der Waals surface area contributed by atoms with Crippen LogP contribution in [0.25, 0.3) is 0 Å². The molecule has 2 fully saturated rings. The third-order valence-electron chi connectivity index (χ3n) is 2.37. The molecule has 0 aromatic carbocycles. The lowest BCUT2D eigenvalue weighted by molar-refractivity contribution is -0.305. The van der Waals surface area contributed by atoms with E-state index >= 15 is 0 Å². The third kappa shape index (κ3) is 2.66. The maximum atomic E-state index is 10.7. The van der Waals surface area contributed by atoms with Gasteiger partial charge in [-0.1, -0.05) is 0 Å². The van der Waals surface area contributed by atoms with Gasteiger partial charge >= 0.3 is 5.97 Å². The first-order valence-corrected chi connectivity index (χ1v) is 4.83. The molecular weight excluding hydrogens is 204 g/mol. The molecule has 6 heteroatoms. The summed E-state index contributed by atoms with van der Waals surface area (Å²) < 4.78 is 26.0. The fourth-order valence-corrected chi connectivity index (χ4v) is 1.63. The predicted molar refractivity (Wildman–Crippen MR) is 46.9 cm³/mol. The number of carbonyl (C=O) groups is 1. The quantitative estimate of drug-likeness (QED) is 0.591. The topological polar surface area (TPSA) is 63.2 Å². The normalized spacial score (nSPS) is 35.7. The average molecular weight is 218 g/mol. The molecule has 2 aliphatic heterocycles. The smallest absolute Gasteiger partial charge is 0.302 e. The third-order valence-corrected chi connectivity index (χ3v) is 2.37. The van der Waals surface area contributed by atoms with Crippen LogP contribution in [0.1, 0.15) is 6.92 Å². The molecule has 15 heavy (non-hydrogen) atoms. The van der Waals surface area contributed by atoms with E-state index in [4.69, 9.17) is 23.7 Å². The molecule has 6 nitrogen and oxygen atoms in total. The highest BCUT2D eigenvalue weighted by Crippen LogP contribution is 2.21. The summed E-state index contributed by atoms with van der Waals surface area (Å²) in [6, 6.07) is 0. The molecule has 86 valence electrons. The van der Waals surface area contributed by atoms with E-state index in [0.717, 1.165) is 0 Å². The summed E-state index contributed by atoms with van der Waals surface area (Å²) in [7, 11) is 0. The van der Waals surface area contributed by atoms with Gasteiger partial charge in [0, 0.05) is 6.92 Å². The van der Waals surface area contributed by atoms with Gasteiger partial charge in [-0.2, -0.15) is 0 Å².